The SMILES string of the molecule is CC(C)[C@H](CO)N(C)C(=O)OC(C)(C)C. The van der Waals surface area contributed by atoms with Crippen LogP contribution in [0.15, 0.2) is 0 Å². The third-order valence-corrected chi connectivity index (χ3v) is 2.14. The summed E-state index contributed by atoms with van der Waals surface area (Å²) < 4.78 is 5.21. The van der Waals surface area contributed by atoms with Crippen LogP contribution in [0, 0.1) is 5.92 Å². The first-order valence-corrected chi connectivity index (χ1v) is 5.25. The van der Waals surface area contributed by atoms with Crippen LogP contribution in [0.3, 0.4) is 0 Å². The summed E-state index contributed by atoms with van der Waals surface area (Å²) in [6, 6.07) is -0.195. The second-order valence-corrected chi connectivity index (χ2v) is 5.09. The van der Waals surface area contributed by atoms with E-state index >= 15 is 0 Å². The van der Waals surface area contributed by atoms with Crippen molar-refractivity contribution in [2.75, 3.05) is 13.7 Å². The summed E-state index contributed by atoms with van der Waals surface area (Å²) in [6.45, 7) is 9.34. The van der Waals surface area contributed by atoms with Crippen molar-refractivity contribution in [2.45, 2.75) is 46.3 Å². The Bertz CT molecular complexity index is 208. The van der Waals surface area contributed by atoms with Gasteiger partial charge in [0.1, 0.15) is 5.60 Å². The Balaban J connectivity index is 4.42. The molecule has 1 atom stereocenters. The zero-order valence-electron chi connectivity index (χ0n) is 10.6. The van der Waals surface area contributed by atoms with Crippen LogP contribution in [0.4, 0.5) is 4.79 Å². The third-order valence-electron chi connectivity index (χ3n) is 2.14. The molecule has 1 N–H and O–H groups in total. The molecule has 4 nitrogen and oxygen atoms in total. The molecule has 4 heteroatoms. The molecule has 0 aliphatic heterocycles. The molecule has 15 heavy (non-hydrogen) atoms. The van der Waals surface area contributed by atoms with Crippen LogP contribution >= 0.6 is 0 Å². The van der Waals surface area contributed by atoms with Crippen LogP contribution < -0.4 is 0 Å². The second-order valence-electron chi connectivity index (χ2n) is 5.09. The molecule has 0 bridgehead atoms. The molecule has 0 aliphatic carbocycles. The average molecular weight is 217 g/mol. The van der Waals surface area contributed by atoms with Crippen LogP contribution in [-0.2, 0) is 4.74 Å². The molecule has 90 valence electrons. The number of hydrogen-bond donors (Lipinski definition) is 1. The van der Waals surface area contributed by atoms with Crippen LogP contribution in [0.1, 0.15) is 34.6 Å². The fraction of sp³-hybridized carbons (Fsp3) is 0.909. The monoisotopic (exact) mass is 217 g/mol. The minimum Gasteiger partial charge on any atom is -0.444 e. The van der Waals surface area contributed by atoms with E-state index in [2.05, 4.69) is 0 Å². The highest BCUT2D eigenvalue weighted by atomic mass is 16.6. The van der Waals surface area contributed by atoms with Gasteiger partial charge in [0.05, 0.1) is 12.6 Å². The summed E-state index contributed by atoms with van der Waals surface area (Å²) in [5.41, 5.74) is -0.498. The summed E-state index contributed by atoms with van der Waals surface area (Å²) in [5, 5.41) is 9.16. The summed E-state index contributed by atoms with van der Waals surface area (Å²) >= 11 is 0. The van der Waals surface area contributed by atoms with Gasteiger partial charge in [0.25, 0.3) is 0 Å². The molecular formula is C11H23NO3. The summed E-state index contributed by atoms with van der Waals surface area (Å²) in [5.74, 6) is 0.201. The first kappa shape index (κ1) is 14.2. The van der Waals surface area contributed by atoms with Gasteiger partial charge < -0.3 is 14.7 Å². The Morgan fingerprint density at radius 1 is 1.40 bits per heavy atom. The number of aliphatic hydroxyl groups excluding tert-OH is 1. The Morgan fingerprint density at radius 3 is 2.13 bits per heavy atom. The van der Waals surface area contributed by atoms with Gasteiger partial charge in [-0.05, 0) is 26.7 Å². The van der Waals surface area contributed by atoms with Crippen molar-refractivity contribution in [3.63, 3.8) is 0 Å². The van der Waals surface area contributed by atoms with Gasteiger partial charge >= 0.3 is 6.09 Å². The van der Waals surface area contributed by atoms with Gasteiger partial charge in [-0.3, -0.25) is 0 Å². The molecule has 0 aromatic heterocycles. The molecule has 0 spiro atoms. The first-order valence-electron chi connectivity index (χ1n) is 5.25. The molecule has 0 fully saturated rings. The van der Waals surface area contributed by atoms with E-state index in [-0.39, 0.29) is 18.6 Å². The standard InChI is InChI=1S/C11H23NO3/c1-8(2)9(7-13)12(6)10(14)15-11(3,4)5/h8-9,13H,7H2,1-6H3/t9-/m0/s1. The Morgan fingerprint density at radius 2 is 1.87 bits per heavy atom. The van der Waals surface area contributed by atoms with Crippen molar-refractivity contribution in [3.8, 4) is 0 Å². The second kappa shape index (κ2) is 5.35. The maximum absolute atomic E-state index is 11.7. The lowest BCUT2D eigenvalue weighted by atomic mass is 10.0. The summed E-state index contributed by atoms with van der Waals surface area (Å²) in [4.78, 5) is 13.1. The predicted molar refractivity (Wildman–Crippen MR) is 59.7 cm³/mol. The zero-order chi connectivity index (χ0) is 12.2. The van der Waals surface area contributed by atoms with Crippen LogP contribution in [0.2, 0.25) is 0 Å². The molecule has 0 rings (SSSR count). The fourth-order valence-electron chi connectivity index (χ4n) is 1.25. The number of hydrogen-bond acceptors (Lipinski definition) is 3. The molecule has 1 amide bonds. The fourth-order valence-corrected chi connectivity index (χ4v) is 1.25. The van der Waals surface area contributed by atoms with Gasteiger partial charge in [-0.25, -0.2) is 4.79 Å². The molecule has 0 aromatic rings. The van der Waals surface area contributed by atoms with Gasteiger partial charge in [-0.1, -0.05) is 13.8 Å². The highest BCUT2D eigenvalue weighted by molar-refractivity contribution is 5.68. The smallest absolute Gasteiger partial charge is 0.410 e. The molecule has 0 saturated heterocycles. The molecule has 0 radical (unpaired) electrons. The van der Waals surface area contributed by atoms with Crippen LogP contribution in [0.25, 0.3) is 0 Å². The number of amides is 1. The predicted octanol–water partition coefficient (Wildman–Crippen LogP) is 1.87. The number of carbonyl (C=O) groups excluding carboxylic acids is 1. The van der Waals surface area contributed by atoms with Gasteiger partial charge in [0, 0.05) is 7.05 Å². The van der Waals surface area contributed by atoms with E-state index in [1.165, 1.54) is 4.90 Å². The van der Waals surface area contributed by atoms with E-state index < -0.39 is 11.7 Å². The van der Waals surface area contributed by atoms with Crippen molar-refractivity contribution < 1.29 is 14.6 Å². The number of aliphatic hydroxyl groups is 1. The van der Waals surface area contributed by atoms with E-state index in [0.29, 0.717) is 0 Å². The van der Waals surface area contributed by atoms with Gasteiger partial charge in [-0.2, -0.15) is 0 Å². The molecule has 0 aliphatic rings. The lowest BCUT2D eigenvalue weighted by molar-refractivity contribution is 0.0102. The largest absolute Gasteiger partial charge is 0.444 e. The Hall–Kier alpha value is -0.770. The lowest BCUT2D eigenvalue weighted by Gasteiger charge is -2.31. The Kier molecular flexibility index (Phi) is 5.08. The highest BCUT2D eigenvalue weighted by Crippen LogP contribution is 2.14. The highest BCUT2D eigenvalue weighted by Gasteiger charge is 2.26. The first-order chi connectivity index (χ1) is 6.69. The van der Waals surface area contributed by atoms with Crippen LogP contribution in [-0.4, -0.2) is 41.4 Å². The molecule has 0 unspecified atom stereocenters. The van der Waals surface area contributed by atoms with Crippen molar-refractivity contribution in [2.24, 2.45) is 5.92 Å². The number of carbonyl (C=O) groups is 1. The van der Waals surface area contributed by atoms with E-state index in [9.17, 15) is 4.79 Å². The lowest BCUT2D eigenvalue weighted by Crippen LogP contribution is -2.45. The van der Waals surface area contributed by atoms with E-state index in [0.717, 1.165) is 0 Å². The van der Waals surface area contributed by atoms with Gasteiger partial charge in [0.2, 0.25) is 0 Å². The number of nitrogens with zero attached hydrogens (tertiary/aromatic N) is 1. The summed E-state index contributed by atoms with van der Waals surface area (Å²) in [6.07, 6.45) is -0.393. The maximum atomic E-state index is 11.7. The zero-order valence-corrected chi connectivity index (χ0v) is 10.6. The molecular weight excluding hydrogens is 194 g/mol. The third kappa shape index (κ3) is 5.02. The quantitative estimate of drug-likeness (QED) is 0.785. The average Bonchev–Trinajstić information content (AvgIpc) is 2.01. The van der Waals surface area contributed by atoms with Crippen molar-refractivity contribution in [1.29, 1.82) is 0 Å². The number of likely N-dealkylation sites (N-methyl/N-ethyl adjacent to an activating group) is 1. The normalized spacial score (nSPS) is 13.9. The van der Waals surface area contributed by atoms with E-state index in [1.807, 2.05) is 34.6 Å². The minimum absolute atomic E-state index is 0.0482. The Labute approximate surface area is 92.2 Å². The van der Waals surface area contributed by atoms with Gasteiger partial charge in [-0.15, -0.1) is 0 Å². The van der Waals surface area contributed by atoms with Crippen molar-refractivity contribution in [1.82, 2.24) is 4.90 Å². The van der Waals surface area contributed by atoms with E-state index in [1.54, 1.807) is 7.05 Å². The van der Waals surface area contributed by atoms with Crippen molar-refractivity contribution >= 4 is 6.09 Å². The molecule has 0 saturated carbocycles. The molecule has 0 aromatic carbocycles. The van der Waals surface area contributed by atoms with Gasteiger partial charge in [0.15, 0.2) is 0 Å². The number of ether oxygens (including phenoxy) is 1. The van der Waals surface area contributed by atoms with Crippen LogP contribution in [0.5, 0.6) is 0 Å². The number of rotatable bonds is 3. The minimum atomic E-state index is -0.498. The topological polar surface area (TPSA) is 49.8 Å². The van der Waals surface area contributed by atoms with E-state index in [4.69, 9.17) is 9.84 Å². The molecule has 0 heterocycles. The summed E-state index contributed by atoms with van der Waals surface area (Å²) in [7, 11) is 1.65. The van der Waals surface area contributed by atoms with Crippen molar-refractivity contribution in [3.05, 3.63) is 0 Å². The maximum Gasteiger partial charge on any atom is 0.410 e.